The van der Waals surface area contributed by atoms with Gasteiger partial charge in [-0.2, -0.15) is 4.31 Å². The Balaban J connectivity index is 3.04. The summed E-state index contributed by atoms with van der Waals surface area (Å²) in [6.07, 6.45) is 0.907. The Hall–Kier alpha value is -1.40. The molecule has 0 saturated carbocycles. The molecule has 5 nitrogen and oxygen atoms in total. The Bertz CT molecular complexity index is 551. The van der Waals surface area contributed by atoms with E-state index in [1.807, 2.05) is 13.8 Å². The summed E-state index contributed by atoms with van der Waals surface area (Å²) < 4.78 is 26.4. The number of hydrogen-bond donors (Lipinski definition) is 1. The van der Waals surface area contributed by atoms with Crippen LogP contribution in [-0.2, 0) is 10.0 Å². The Morgan fingerprint density at radius 1 is 1.25 bits per heavy atom. The fraction of sp³-hybridized carbons (Fsp3) is 0.500. The molecule has 0 fully saturated rings. The summed E-state index contributed by atoms with van der Waals surface area (Å²) in [7, 11) is -3.56. The van der Waals surface area contributed by atoms with E-state index in [0.29, 0.717) is 13.1 Å². The molecule has 20 heavy (non-hydrogen) atoms. The maximum Gasteiger partial charge on any atom is 0.335 e. The van der Waals surface area contributed by atoms with Crippen LogP contribution < -0.4 is 0 Å². The number of carbonyl (C=O) groups is 1. The molecule has 112 valence electrons. The van der Waals surface area contributed by atoms with Gasteiger partial charge in [0.1, 0.15) is 0 Å². The molecule has 6 heteroatoms. The molecule has 1 unspecified atom stereocenters. The van der Waals surface area contributed by atoms with Crippen molar-refractivity contribution in [3.05, 3.63) is 29.8 Å². The SMILES string of the molecule is CCC(C)CN(CC)S(=O)(=O)c1ccc(C(=O)O)cc1. The fourth-order valence-corrected chi connectivity index (χ4v) is 3.36. The molecular formula is C14H21NO4S. The Labute approximate surface area is 120 Å². The average Bonchev–Trinajstić information content (AvgIpc) is 2.44. The zero-order valence-electron chi connectivity index (χ0n) is 12.0. The van der Waals surface area contributed by atoms with Crippen LogP contribution in [0.25, 0.3) is 0 Å². The average molecular weight is 299 g/mol. The number of sulfonamides is 1. The molecule has 0 bridgehead atoms. The summed E-state index contributed by atoms with van der Waals surface area (Å²) in [6.45, 7) is 6.69. The molecule has 0 aliphatic carbocycles. The lowest BCUT2D eigenvalue weighted by Gasteiger charge is -2.23. The van der Waals surface area contributed by atoms with Crippen molar-refractivity contribution in [2.75, 3.05) is 13.1 Å². The molecule has 0 aliphatic heterocycles. The van der Waals surface area contributed by atoms with Crippen LogP contribution in [0.15, 0.2) is 29.2 Å². The Morgan fingerprint density at radius 2 is 1.80 bits per heavy atom. The van der Waals surface area contributed by atoms with Crippen molar-refractivity contribution >= 4 is 16.0 Å². The van der Waals surface area contributed by atoms with Crippen molar-refractivity contribution < 1.29 is 18.3 Å². The molecule has 0 heterocycles. The van der Waals surface area contributed by atoms with E-state index in [1.54, 1.807) is 6.92 Å². The highest BCUT2D eigenvalue weighted by Crippen LogP contribution is 2.18. The van der Waals surface area contributed by atoms with Gasteiger partial charge in [-0.05, 0) is 30.2 Å². The van der Waals surface area contributed by atoms with Crippen molar-refractivity contribution in [2.45, 2.75) is 32.1 Å². The van der Waals surface area contributed by atoms with Crippen LogP contribution in [-0.4, -0.2) is 36.9 Å². The van der Waals surface area contributed by atoms with Gasteiger partial charge >= 0.3 is 5.97 Å². The first kappa shape index (κ1) is 16.7. The maximum atomic E-state index is 12.5. The lowest BCUT2D eigenvalue weighted by atomic mass is 10.1. The monoisotopic (exact) mass is 299 g/mol. The molecule has 1 rings (SSSR count). The van der Waals surface area contributed by atoms with E-state index in [9.17, 15) is 13.2 Å². The van der Waals surface area contributed by atoms with Gasteiger partial charge in [-0.15, -0.1) is 0 Å². The van der Waals surface area contributed by atoms with Crippen LogP contribution in [0.4, 0.5) is 0 Å². The van der Waals surface area contributed by atoms with E-state index in [1.165, 1.54) is 28.6 Å². The number of rotatable bonds is 7. The second-order valence-electron chi connectivity index (χ2n) is 4.80. The molecule has 0 aliphatic rings. The third-order valence-corrected chi connectivity index (χ3v) is 5.26. The largest absolute Gasteiger partial charge is 0.478 e. The van der Waals surface area contributed by atoms with Gasteiger partial charge in [0.2, 0.25) is 10.0 Å². The summed E-state index contributed by atoms with van der Waals surface area (Å²) in [5, 5.41) is 8.82. The third kappa shape index (κ3) is 3.80. The van der Waals surface area contributed by atoms with Gasteiger partial charge in [0, 0.05) is 13.1 Å². The van der Waals surface area contributed by atoms with Crippen molar-refractivity contribution in [1.82, 2.24) is 4.31 Å². The molecule has 0 spiro atoms. The Kier molecular flexibility index (Phi) is 5.71. The fourth-order valence-electron chi connectivity index (χ4n) is 1.79. The van der Waals surface area contributed by atoms with Gasteiger partial charge in [0.25, 0.3) is 0 Å². The number of hydrogen-bond acceptors (Lipinski definition) is 3. The first-order chi connectivity index (χ1) is 9.32. The maximum absolute atomic E-state index is 12.5. The van der Waals surface area contributed by atoms with Crippen molar-refractivity contribution in [3.63, 3.8) is 0 Å². The van der Waals surface area contributed by atoms with Crippen LogP contribution in [0.1, 0.15) is 37.6 Å². The summed E-state index contributed by atoms with van der Waals surface area (Å²) >= 11 is 0. The quantitative estimate of drug-likeness (QED) is 0.839. The summed E-state index contributed by atoms with van der Waals surface area (Å²) in [6, 6.07) is 5.31. The molecule has 1 aromatic carbocycles. The molecule has 1 N–H and O–H groups in total. The van der Waals surface area contributed by atoms with Gasteiger partial charge in [-0.25, -0.2) is 13.2 Å². The molecule has 0 aromatic heterocycles. The normalized spacial score (nSPS) is 13.4. The van der Waals surface area contributed by atoms with Crippen molar-refractivity contribution in [2.24, 2.45) is 5.92 Å². The number of carboxylic acids is 1. The van der Waals surface area contributed by atoms with E-state index in [2.05, 4.69) is 0 Å². The second kappa shape index (κ2) is 6.85. The minimum Gasteiger partial charge on any atom is -0.478 e. The predicted molar refractivity (Wildman–Crippen MR) is 77.3 cm³/mol. The van der Waals surface area contributed by atoms with Gasteiger partial charge in [-0.1, -0.05) is 27.2 Å². The van der Waals surface area contributed by atoms with Crippen LogP contribution in [0.5, 0.6) is 0 Å². The minimum absolute atomic E-state index is 0.0777. The van der Waals surface area contributed by atoms with Gasteiger partial charge < -0.3 is 5.11 Å². The highest BCUT2D eigenvalue weighted by molar-refractivity contribution is 7.89. The number of carboxylic acid groups (broad SMARTS) is 1. The van der Waals surface area contributed by atoms with Crippen LogP contribution in [0.3, 0.4) is 0 Å². The van der Waals surface area contributed by atoms with E-state index < -0.39 is 16.0 Å². The molecule has 1 aromatic rings. The smallest absolute Gasteiger partial charge is 0.335 e. The van der Waals surface area contributed by atoms with E-state index >= 15 is 0 Å². The van der Waals surface area contributed by atoms with Crippen LogP contribution in [0, 0.1) is 5.92 Å². The Morgan fingerprint density at radius 3 is 2.20 bits per heavy atom. The molecular weight excluding hydrogens is 278 g/mol. The van der Waals surface area contributed by atoms with Crippen LogP contribution in [0.2, 0.25) is 0 Å². The first-order valence-corrected chi connectivity index (χ1v) is 8.10. The lowest BCUT2D eigenvalue weighted by Crippen LogP contribution is -2.34. The summed E-state index contributed by atoms with van der Waals surface area (Å²) in [5.41, 5.74) is 0.0777. The standard InChI is InChI=1S/C14H21NO4S/c1-4-11(3)10-15(5-2)20(18,19)13-8-6-12(7-9-13)14(16)17/h6-9,11H,4-5,10H2,1-3H3,(H,16,17). The zero-order valence-corrected chi connectivity index (χ0v) is 12.9. The number of nitrogens with zero attached hydrogens (tertiary/aromatic N) is 1. The molecule has 0 saturated heterocycles. The first-order valence-electron chi connectivity index (χ1n) is 6.66. The minimum atomic E-state index is -3.56. The highest BCUT2D eigenvalue weighted by Gasteiger charge is 2.24. The topological polar surface area (TPSA) is 74.7 Å². The second-order valence-corrected chi connectivity index (χ2v) is 6.74. The number of benzene rings is 1. The molecule has 0 radical (unpaired) electrons. The third-order valence-electron chi connectivity index (χ3n) is 3.30. The van der Waals surface area contributed by atoms with Gasteiger partial charge in [0.05, 0.1) is 10.5 Å². The molecule has 1 atom stereocenters. The summed E-state index contributed by atoms with van der Waals surface area (Å²) in [5.74, 6) is -0.788. The number of aromatic carboxylic acids is 1. The molecule has 0 amide bonds. The van der Waals surface area contributed by atoms with Gasteiger partial charge in [0.15, 0.2) is 0 Å². The van der Waals surface area contributed by atoms with Gasteiger partial charge in [-0.3, -0.25) is 0 Å². The van der Waals surface area contributed by atoms with Crippen LogP contribution >= 0.6 is 0 Å². The van der Waals surface area contributed by atoms with Crippen molar-refractivity contribution in [3.8, 4) is 0 Å². The predicted octanol–water partition coefficient (Wildman–Crippen LogP) is 2.44. The zero-order chi connectivity index (χ0) is 15.3. The highest BCUT2D eigenvalue weighted by atomic mass is 32.2. The van der Waals surface area contributed by atoms with E-state index in [4.69, 9.17) is 5.11 Å². The lowest BCUT2D eigenvalue weighted by molar-refractivity contribution is 0.0696. The van der Waals surface area contributed by atoms with Crippen molar-refractivity contribution in [1.29, 1.82) is 0 Å². The van der Waals surface area contributed by atoms with E-state index in [-0.39, 0.29) is 16.4 Å². The summed E-state index contributed by atoms with van der Waals surface area (Å²) in [4.78, 5) is 10.9. The van der Waals surface area contributed by atoms with E-state index in [0.717, 1.165) is 6.42 Å².